The summed E-state index contributed by atoms with van der Waals surface area (Å²) in [6.07, 6.45) is 0.646. The van der Waals surface area contributed by atoms with Gasteiger partial charge in [-0.15, -0.1) is 0 Å². The van der Waals surface area contributed by atoms with E-state index in [0.29, 0.717) is 24.3 Å². The van der Waals surface area contributed by atoms with Crippen molar-refractivity contribution >= 4 is 5.91 Å². The Morgan fingerprint density at radius 2 is 1.96 bits per heavy atom. The van der Waals surface area contributed by atoms with Gasteiger partial charge in [0, 0.05) is 12.0 Å². The van der Waals surface area contributed by atoms with Gasteiger partial charge >= 0.3 is 0 Å². The van der Waals surface area contributed by atoms with E-state index in [9.17, 15) is 4.79 Å². The van der Waals surface area contributed by atoms with Gasteiger partial charge in [-0.1, -0.05) is 31.2 Å². The van der Waals surface area contributed by atoms with Crippen molar-refractivity contribution in [1.82, 2.24) is 5.32 Å². The summed E-state index contributed by atoms with van der Waals surface area (Å²) in [6, 6.07) is 13.3. The number of amides is 1. The molecule has 0 aliphatic carbocycles. The highest BCUT2D eigenvalue weighted by atomic mass is 16.5. The summed E-state index contributed by atoms with van der Waals surface area (Å²) in [6.45, 7) is 8.05. The summed E-state index contributed by atoms with van der Waals surface area (Å²) in [7, 11) is 1.59. The van der Waals surface area contributed by atoms with Gasteiger partial charge in [0.2, 0.25) is 0 Å². The number of ether oxygens (including phenoxy) is 3. The summed E-state index contributed by atoms with van der Waals surface area (Å²) in [4.78, 5) is 13.0. The van der Waals surface area contributed by atoms with Gasteiger partial charge in [0.25, 0.3) is 5.91 Å². The van der Waals surface area contributed by atoms with Crippen LogP contribution in [-0.4, -0.2) is 24.7 Å². The zero-order chi connectivity index (χ0) is 20.3. The molecule has 1 aliphatic heterocycles. The molecule has 3 rings (SSSR count). The third kappa shape index (κ3) is 4.41. The number of nitrogens with one attached hydrogen (secondary N) is 1. The molecule has 1 aliphatic rings. The van der Waals surface area contributed by atoms with Gasteiger partial charge in [0.1, 0.15) is 11.4 Å². The van der Waals surface area contributed by atoms with Gasteiger partial charge in [0.05, 0.1) is 13.2 Å². The first-order valence-corrected chi connectivity index (χ1v) is 9.72. The van der Waals surface area contributed by atoms with Crippen LogP contribution in [0.25, 0.3) is 0 Å². The zero-order valence-corrected chi connectivity index (χ0v) is 17.2. The first-order chi connectivity index (χ1) is 13.3. The van der Waals surface area contributed by atoms with Crippen molar-refractivity contribution in [2.24, 2.45) is 0 Å². The number of carbonyl (C=O) groups is 1. The predicted molar refractivity (Wildman–Crippen MR) is 109 cm³/mol. The van der Waals surface area contributed by atoms with Crippen molar-refractivity contribution in [1.29, 1.82) is 0 Å². The van der Waals surface area contributed by atoms with E-state index in [0.717, 1.165) is 16.9 Å². The fourth-order valence-electron chi connectivity index (χ4n) is 3.54. The average molecular weight is 383 g/mol. The lowest BCUT2D eigenvalue weighted by atomic mass is 9.89. The Bertz CT molecular complexity index is 846. The second kappa shape index (κ2) is 8.13. The molecule has 5 nitrogen and oxygen atoms in total. The Morgan fingerprint density at radius 1 is 1.25 bits per heavy atom. The number of fused-ring (bicyclic) bond motifs is 1. The molecule has 0 aromatic heterocycles. The monoisotopic (exact) mass is 383 g/mol. The number of methoxy groups -OCH3 is 1. The molecule has 0 fully saturated rings. The van der Waals surface area contributed by atoms with E-state index in [1.54, 1.807) is 7.11 Å². The molecule has 0 spiro atoms. The number of carbonyl (C=O) groups excluding carboxylic acids is 1. The van der Waals surface area contributed by atoms with Gasteiger partial charge in [-0.05, 0) is 51.0 Å². The molecule has 0 bridgehead atoms. The maximum Gasteiger partial charge on any atom is 0.261 e. The van der Waals surface area contributed by atoms with Crippen LogP contribution in [0.2, 0.25) is 0 Å². The number of hydrogen-bond acceptors (Lipinski definition) is 4. The van der Waals surface area contributed by atoms with Gasteiger partial charge in [-0.25, -0.2) is 0 Å². The topological polar surface area (TPSA) is 56.8 Å². The third-order valence-corrected chi connectivity index (χ3v) is 4.94. The number of aryl methyl sites for hydroxylation is 1. The molecule has 0 unspecified atom stereocenters. The molecule has 28 heavy (non-hydrogen) atoms. The quantitative estimate of drug-likeness (QED) is 0.793. The van der Waals surface area contributed by atoms with Crippen molar-refractivity contribution in [2.45, 2.75) is 58.3 Å². The highest BCUT2D eigenvalue weighted by molar-refractivity contribution is 5.81. The minimum Gasteiger partial charge on any atom is -0.493 e. The molecule has 5 heteroatoms. The fraction of sp³-hybridized carbons (Fsp3) is 0.435. The normalized spacial score (nSPS) is 18.4. The van der Waals surface area contributed by atoms with Crippen LogP contribution in [0.5, 0.6) is 17.2 Å². The molecule has 150 valence electrons. The van der Waals surface area contributed by atoms with Crippen LogP contribution >= 0.6 is 0 Å². The lowest BCUT2D eigenvalue weighted by Gasteiger charge is -2.38. The van der Waals surface area contributed by atoms with Crippen LogP contribution in [0.15, 0.2) is 42.5 Å². The first-order valence-electron chi connectivity index (χ1n) is 9.72. The van der Waals surface area contributed by atoms with E-state index in [4.69, 9.17) is 14.2 Å². The van der Waals surface area contributed by atoms with E-state index < -0.39 is 6.10 Å². The summed E-state index contributed by atoms with van der Waals surface area (Å²) in [5.74, 6) is 1.87. The van der Waals surface area contributed by atoms with Crippen LogP contribution < -0.4 is 19.5 Å². The Morgan fingerprint density at radius 3 is 2.64 bits per heavy atom. The number of para-hydroxylation sites is 2. The van der Waals surface area contributed by atoms with Crippen LogP contribution in [-0.2, 0) is 4.79 Å². The standard InChI is InChI=1S/C23H29NO4/c1-6-18(27-20-10-8-7-9-19(20)26-5)22(25)24-17-14-23(3,4)28-21-13-15(2)11-12-16(17)21/h7-13,17-18H,6,14H2,1-5H3,(H,24,25)/t17-,18-/m0/s1. The summed E-state index contributed by atoms with van der Waals surface area (Å²) in [5, 5.41) is 3.17. The van der Waals surface area contributed by atoms with E-state index in [-0.39, 0.29) is 17.6 Å². The zero-order valence-electron chi connectivity index (χ0n) is 17.2. The Labute approximate surface area is 167 Å². The van der Waals surface area contributed by atoms with Crippen LogP contribution in [0.4, 0.5) is 0 Å². The molecular weight excluding hydrogens is 354 g/mol. The van der Waals surface area contributed by atoms with Crippen LogP contribution in [0, 0.1) is 6.92 Å². The molecule has 2 atom stereocenters. The van der Waals surface area contributed by atoms with E-state index in [2.05, 4.69) is 5.32 Å². The van der Waals surface area contributed by atoms with Crippen molar-refractivity contribution < 1.29 is 19.0 Å². The Hall–Kier alpha value is -2.69. The minimum absolute atomic E-state index is 0.123. The van der Waals surface area contributed by atoms with Crippen LogP contribution in [0.1, 0.15) is 50.8 Å². The number of benzene rings is 2. The SMILES string of the molecule is CC[C@H](Oc1ccccc1OC)C(=O)N[C@H]1CC(C)(C)Oc2cc(C)ccc21. The van der Waals surface area contributed by atoms with Gasteiger partial charge < -0.3 is 19.5 Å². The predicted octanol–water partition coefficient (Wildman–Crippen LogP) is 4.58. The molecule has 0 saturated heterocycles. The maximum absolute atomic E-state index is 13.0. The van der Waals surface area contributed by atoms with Gasteiger partial charge in [-0.3, -0.25) is 4.79 Å². The molecule has 0 saturated carbocycles. The second-order valence-electron chi connectivity index (χ2n) is 7.83. The van der Waals surface area contributed by atoms with E-state index in [1.807, 2.05) is 70.2 Å². The molecule has 1 N–H and O–H groups in total. The third-order valence-electron chi connectivity index (χ3n) is 4.94. The fourth-order valence-corrected chi connectivity index (χ4v) is 3.54. The van der Waals surface area contributed by atoms with E-state index >= 15 is 0 Å². The number of hydrogen-bond donors (Lipinski definition) is 1. The maximum atomic E-state index is 13.0. The molecule has 2 aromatic carbocycles. The molecule has 2 aromatic rings. The molecule has 1 amide bonds. The lowest BCUT2D eigenvalue weighted by Crippen LogP contribution is -2.45. The van der Waals surface area contributed by atoms with Crippen molar-refractivity contribution in [2.75, 3.05) is 7.11 Å². The summed E-state index contributed by atoms with van der Waals surface area (Å²) < 4.78 is 17.4. The van der Waals surface area contributed by atoms with Gasteiger partial charge in [-0.2, -0.15) is 0 Å². The average Bonchev–Trinajstić information content (AvgIpc) is 2.64. The Balaban J connectivity index is 1.79. The van der Waals surface area contributed by atoms with E-state index in [1.165, 1.54) is 0 Å². The largest absolute Gasteiger partial charge is 0.493 e. The highest BCUT2D eigenvalue weighted by Crippen LogP contribution is 2.40. The Kier molecular flexibility index (Phi) is 5.82. The molecule has 0 radical (unpaired) electrons. The van der Waals surface area contributed by atoms with Crippen molar-refractivity contribution in [3.63, 3.8) is 0 Å². The highest BCUT2D eigenvalue weighted by Gasteiger charge is 2.35. The molecular formula is C23H29NO4. The smallest absolute Gasteiger partial charge is 0.261 e. The van der Waals surface area contributed by atoms with Crippen LogP contribution in [0.3, 0.4) is 0 Å². The minimum atomic E-state index is -0.601. The van der Waals surface area contributed by atoms with Crippen molar-refractivity contribution in [3.05, 3.63) is 53.6 Å². The van der Waals surface area contributed by atoms with Crippen molar-refractivity contribution in [3.8, 4) is 17.2 Å². The van der Waals surface area contributed by atoms with Gasteiger partial charge in [0.15, 0.2) is 17.6 Å². The second-order valence-corrected chi connectivity index (χ2v) is 7.83. The summed E-state index contributed by atoms with van der Waals surface area (Å²) >= 11 is 0. The first kappa shape index (κ1) is 20.1. The summed E-state index contributed by atoms with van der Waals surface area (Å²) in [5.41, 5.74) is 1.78. The lowest BCUT2D eigenvalue weighted by molar-refractivity contribution is -0.129. The molecule has 1 heterocycles. The number of rotatable bonds is 6.